The van der Waals surface area contributed by atoms with Gasteiger partial charge in [0.05, 0.1) is 0 Å². The van der Waals surface area contributed by atoms with E-state index in [0.29, 0.717) is 0 Å². The Hall–Kier alpha value is -2.75. The maximum absolute atomic E-state index is 12.6. The molecule has 0 aliphatic carbocycles. The van der Waals surface area contributed by atoms with E-state index in [9.17, 15) is 4.79 Å². The van der Waals surface area contributed by atoms with Crippen LogP contribution in [0.15, 0.2) is 53.3 Å². The highest BCUT2D eigenvalue weighted by molar-refractivity contribution is 5.85. The summed E-state index contributed by atoms with van der Waals surface area (Å²) in [5, 5.41) is 3.89. The lowest BCUT2D eigenvalue weighted by Crippen LogP contribution is -2.17. The highest BCUT2D eigenvalue weighted by Crippen LogP contribution is 2.25. The number of anilines is 2. The van der Waals surface area contributed by atoms with E-state index in [4.69, 9.17) is 0 Å². The monoisotopic (exact) mass is 319 g/mol. The van der Waals surface area contributed by atoms with Crippen molar-refractivity contribution < 1.29 is 0 Å². The first kappa shape index (κ1) is 14.8. The van der Waals surface area contributed by atoms with Crippen molar-refractivity contribution in [3.05, 3.63) is 58.8 Å². The third kappa shape index (κ3) is 2.64. The minimum absolute atomic E-state index is 0.0645. The van der Waals surface area contributed by atoms with Gasteiger partial charge in [-0.1, -0.05) is 12.1 Å². The van der Waals surface area contributed by atoms with Gasteiger partial charge in [0.2, 0.25) is 0 Å². The first-order valence-corrected chi connectivity index (χ1v) is 8.45. The van der Waals surface area contributed by atoms with Crippen molar-refractivity contribution in [2.45, 2.75) is 12.8 Å². The van der Waals surface area contributed by atoms with E-state index in [0.717, 1.165) is 46.6 Å². The summed E-state index contributed by atoms with van der Waals surface area (Å²) in [6.07, 6.45) is 2.46. The Morgan fingerprint density at radius 2 is 1.88 bits per heavy atom. The van der Waals surface area contributed by atoms with Crippen LogP contribution in [-0.2, 0) is 0 Å². The Balaban J connectivity index is 1.79. The van der Waals surface area contributed by atoms with E-state index >= 15 is 0 Å². The summed E-state index contributed by atoms with van der Waals surface area (Å²) in [5.74, 6) is 0. The minimum Gasteiger partial charge on any atom is -0.388 e. The lowest BCUT2D eigenvalue weighted by molar-refractivity contribution is 0.949. The van der Waals surface area contributed by atoms with E-state index in [1.165, 1.54) is 12.8 Å². The number of fused-ring (bicyclic) bond motifs is 1. The van der Waals surface area contributed by atoms with Crippen molar-refractivity contribution in [1.29, 1.82) is 0 Å². The minimum atomic E-state index is 0.0645. The van der Waals surface area contributed by atoms with Crippen molar-refractivity contribution in [3.8, 4) is 11.3 Å². The zero-order valence-corrected chi connectivity index (χ0v) is 13.8. The van der Waals surface area contributed by atoms with Crippen LogP contribution in [0.25, 0.3) is 22.2 Å². The Kier molecular flexibility index (Phi) is 3.73. The molecule has 0 atom stereocenters. The first-order valence-electron chi connectivity index (χ1n) is 8.45. The summed E-state index contributed by atoms with van der Waals surface area (Å²) < 4.78 is 0. The summed E-state index contributed by atoms with van der Waals surface area (Å²) in [6.45, 7) is 2.16. The number of nitrogens with zero attached hydrogens (tertiary/aromatic N) is 1. The van der Waals surface area contributed by atoms with E-state index in [1.54, 1.807) is 6.07 Å². The van der Waals surface area contributed by atoms with Gasteiger partial charge >= 0.3 is 0 Å². The topological polar surface area (TPSA) is 48.1 Å². The van der Waals surface area contributed by atoms with Crippen LogP contribution in [-0.4, -0.2) is 25.1 Å². The van der Waals surface area contributed by atoms with Gasteiger partial charge in [0.15, 0.2) is 5.43 Å². The van der Waals surface area contributed by atoms with Gasteiger partial charge in [-0.25, -0.2) is 0 Å². The van der Waals surface area contributed by atoms with Gasteiger partial charge < -0.3 is 15.2 Å². The largest absolute Gasteiger partial charge is 0.388 e. The number of hydrogen-bond donors (Lipinski definition) is 2. The highest BCUT2D eigenvalue weighted by Gasteiger charge is 2.13. The molecule has 1 fully saturated rings. The second-order valence-electron chi connectivity index (χ2n) is 6.30. The second kappa shape index (κ2) is 6.04. The molecule has 4 nitrogen and oxygen atoms in total. The van der Waals surface area contributed by atoms with Crippen molar-refractivity contribution in [1.82, 2.24) is 4.98 Å². The fraction of sp³-hybridized carbons (Fsp3) is 0.250. The van der Waals surface area contributed by atoms with E-state index in [1.807, 2.05) is 43.4 Å². The number of aromatic nitrogens is 1. The Labute approximate surface area is 141 Å². The average molecular weight is 319 g/mol. The number of hydrogen-bond acceptors (Lipinski definition) is 3. The van der Waals surface area contributed by atoms with Crippen LogP contribution in [0.3, 0.4) is 0 Å². The van der Waals surface area contributed by atoms with Crippen molar-refractivity contribution in [2.75, 3.05) is 30.4 Å². The lowest BCUT2D eigenvalue weighted by Gasteiger charge is -2.18. The molecule has 0 unspecified atom stereocenters. The van der Waals surface area contributed by atoms with E-state index < -0.39 is 0 Å². The van der Waals surface area contributed by atoms with Crippen molar-refractivity contribution >= 4 is 22.3 Å². The summed E-state index contributed by atoms with van der Waals surface area (Å²) in [4.78, 5) is 18.4. The summed E-state index contributed by atoms with van der Waals surface area (Å²) in [7, 11) is 1.89. The van der Waals surface area contributed by atoms with Gasteiger partial charge in [-0.2, -0.15) is 0 Å². The van der Waals surface area contributed by atoms with Crippen LogP contribution < -0.4 is 15.6 Å². The number of H-pyrrole nitrogens is 1. The maximum Gasteiger partial charge on any atom is 0.190 e. The summed E-state index contributed by atoms with van der Waals surface area (Å²) in [5.41, 5.74) is 4.97. The Morgan fingerprint density at radius 3 is 2.67 bits per heavy atom. The van der Waals surface area contributed by atoms with Gasteiger partial charge in [0.1, 0.15) is 0 Å². The Morgan fingerprint density at radius 1 is 1.04 bits per heavy atom. The molecular weight excluding hydrogens is 298 g/mol. The number of benzene rings is 2. The van der Waals surface area contributed by atoms with Crippen molar-refractivity contribution in [2.24, 2.45) is 0 Å². The van der Waals surface area contributed by atoms with Crippen LogP contribution in [0.5, 0.6) is 0 Å². The smallest absolute Gasteiger partial charge is 0.190 e. The molecule has 0 bridgehead atoms. The van der Waals surface area contributed by atoms with Crippen LogP contribution >= 0.6 is 0 Å². The zero-order chi connectivity index (χ0) is 16.5. The molecule has 0 amide bonds. The quantitative estimate of drug-likeness (QED) is 0.771. The molecule has 0 radical (unpaired) electrons. The normalized spacial score (nSPS) is 14.3. The van der Waals surface area contributed by atoms with Crippen LogP contribution in [0.4, 0.5) is 11.4 Å². The molecule has 2 N–H and O–H groups in total. The molecule has 4 heteroatoms. The third-order valence-corrected chi connectivity index (χ3v) is 4.75. The standard InChI is InChI=1S/C20H21N3O/c1-21-15-6-4-5-14(11-15)19-13-20(24)17-12-16(7-8-18(17)22-19)23-9-2-3-10-23/h4-8,11-13,21H,2-3,9-10H2,1H3,(H,22,24). The maximum atomic E-state index is 12.6. The van der Waals surface area contributed by atoms with Crippen molar-refractivity contribution in [3.63, 3.8) is 0 Å². The molecule has 1 aliphatic heterocycles. The molecule has 2 aromatic carbocycles. The van der Waals surface area contributed by atoms with E-state index in [-0.39, 0.29) is 5.43 Å². The zero-order valence-electron chi connectivity index (χ0n) is 13.8. The molecule has 4 rings (SSSR count). The first-order chi connectivity index (χ1) is 11.7. The van der Waals surface area contributed by atoms with Crippen LogP contribution in [0.1, 0.15) is 12.8 Å². The third-order valence-electron chi connectivity index (χ3n) is 4.75. The number of rotatable bonds is 3. The molecule has 1 aromatic heterocycles. The highest BCUT2D eigenvalue weighted by atomic mass is 16.1. The number of aromatic amines is 1. The fourth-order valence-corrected chi connectivity index (χ4v) is 3.40. The molecule has 0 saturated carbocycles. The molecule has 3 aromatic rings. The van der Waals surface area contributed by atoms with Crippen LogP contribution in [0, 0.1) is 0 Å². The molecule has 24 heavy (non-hydrogen) atoms. The predicted octanol–water partition coefficient (Wildman–Crippen LogP) is 3.84. The molecule has 1 saturated heterocycles. The molecule has 2 heterocycles. The predicted molar refractivity (Wildman–Crippen MR) is 101 cm³/mol. The Bertz CT molecular complexity index is 939. The lowest BCUT2D eigenvalue weighted by atomic mass is 10.1. The SMILES string of the molecule is CNc1cccc(-c2cc(=O)c3cc(N4CCCC4)ccc3[nH]2)c1. The molecule has 0 spiro atoms. The van der Waals surface area contributed by atoms with Gasteiger partial charge in [-0.3, -0.25) is 4.79 Å². The van der Waals surface area contributed by atoms with Gasteiger partial charge in [0.25, 0.3) is 0 Å². The molecule has 122 valence electrons. The van der Waals surface area contributed by atoms with Gasteiger partial charge in [-0.15, -0.1) is 0 Å². The second-order valence-corrected chi connectivity index (χ2v) is 6.30. The van der Waals surface area contributed by atoms with Crippen LogP contribution in [0.2, 0.25) is 0 Å². The number of pyridine rings is 1. The molecular formula is C20H21N3O. The van der Waals surface area contributed by atoms with Gasteiger partial charge in [-0.05, 0) is 43.2 Å². The summed E-state index contributed by atoms with van der Waals surface area (Å²) in [6, 6.07) is 15.9. The van der Waals surface area contributed by atoms with E-state index in [2.05, 4.69) is 21.3 Å². The molecule has 1 aliphatic rings. The average Bonchev–Trinajstić information content (AvgIpc) is 3.16. The summed E-state index contributed by atoms with van der Waals surface area (Å²) >= 11 is 0. The van der Waals surface area contributed by atoms with Gasteiger partial charge in [0, 0.05) is 59.7 Å². The number of nitrogens with one attached hydrogen (secondary N) is 2. The fourth-order valence-electron chi connectivity index (χ4n) is 3.40.